The number of carbonyl (C=O) groups excluding carboxylic acids is 2. The van der Waals surface area contributed by atoms with E-state index in [2.05, 4.69) is 30.8 Å². The van der Waals surface area contributed by atoms with Crippen LogP contribution < -0.4 is 16.6 Å². The third-order valence-corrected chi connectivity index (χ3v) is 4.54. The van der Waals surface area contributed by atoms with Gasteiger partial charge in [0.2, 0.25) is 0 Å². The van der Waals surface area contributed by atoms with Crippen LogP contribution in [-0.4, -0.2) is 37.8 Å². The van der Waals surface area contributed by atoms with Crippen molar-refractivity contribution in [2.24, 2.45) is 5.73 Å². The average molecular weight is 377 g/mol. The highest BCUT2D eigenvalue weighted by atomic mass is 16.2. The summed E-state index contributed by atoms with van der Waals surface area (Å²) in [6.07, 6.45) is 3.38. The van der Waals surface area contributed by atoms with Crippen molar-refractivity contribution in [3.8, 4) is 0 Å². The minimum Gasteiger partial charge on any atom is -0.353 e. The Labute approximate surface area is 159 Å². The summed E-state index contributed by atoms with van der Waals surface area (Å²) in [7, 11) is 0. The van der Waals surface area contributed by atoms with Gasteiger partial charge in [0.25, 0.3) is 11.8 Å². The van der Waals surface area contributed by atoms with E-state index in [1.807, 2.05) is 31.2 Å². The molecule has 0 fully saturated rings. The molecule has 3 aromatic heterocycles. The number of H-pyrrole nitrogens is 2. The number of rotatable bonds is 4. The fraction of sp³-hybridized carbons (Fsp3) is 0.158. The number of nitrogens with two attached hydrogens (primary N) is 1. The van der Waals surface area contributed by atoms with Crippen molar-refractivity contribution < 1.29 is 9.59 Å². The second-order valence-corrected chi connectivity index (χ2v) is 6.52. The summed E-state index contributed by atoms with van der Waals surface area (Å²) in [6.45, 7) is 1.83. The van der Waals surface area contributed by atoms with E-state index in [9.17, 15) is 9.59 Å². The van der Waals surface area contributed by atoms with Crippen molar-refractivity contribution in [2.75, 3.05) is 0 Å². The zero-order valence-corrected chi connectivity index (χ0v) is 15.1. The molecule has 0 unspecified atom stereocenters. The van der Waals surface area contributed by atoms with E-state index in [0.29, 0.717) is 5.69 Å². The maximum absolute atomic E-state index is 12.5. The molecule has 0 aliphatic heterocycles. The number of fused-ring (bicyclic) bond motifs is 3. The summed E-state index contributed by atoms with van der Waals surface area (Å²) in [4.78, 5) is 39.0. The number of hydrazine groups is 1. The van der Waals surface area contributed by atoms with Crippen molar-refractivity contribution in [1.82, 2.24) is 30.8 Å². The van der Waals surface area contributed by atoms with Crippen LogP contribution in [-0.2, 0) is 11.2 Å². The summed E-state index contributed by atoms with van der Waals surface area (Å²) in [5.74, 6) is -1.02. The Bertz CT molecular complexity index is 1160. The Morgan fingerprint density at radius 3 is 2.82 bits per heavy atom. The molecule has 3 heterocycles. The minimum atomic E-state index is -0.827. The molecule has 0 spiro atoms. The molecule has 4 rings (SSSR count). The number of amides is 2. The van der Waals surface area contributed by atoms with Crippen LogP contribution >= 0.6 is 0 Å². The van der Waals surface area contributed by atoms with Crippen LogP contribution in [0.25, 0.3) is 21.8 Å². The molecule has 28 heavy (non-hydrogen) atoms. The highest BCUT2D eigenvalue weighted by Gasteiger charge is 2.18. The molecule has 2 amide bonds. The number of aromatic amines is 2. The molecule has 0 aliphatic carbocycles. The second-order valence-electron chi connectivity index (χ2n) is 6.52. The van der Waals surface area contributed by atoms with Gasteiger partial charge in [-0.05, 0) is 19.1 Å². The Morgan fingerprint density at radius 1 is 1.21 bits per heavy atom. The largest absolute Gasteiger partial charge is 0.353 e. The number of benzene rings is 1. The third kappa shape index (κ3) is 3.30. The predicted molar refractivity (Wildman–Crippen MR) is 104 cm³/mol. The van der Waals surface area contributed by atoms with Gasteiger partial charge in [0, 0.05) is 34.6 Å². The van der Waals surface area contributed by atoms with E-state index >= 15 is 0 Å². The lowest BCUT2D eigenvalue weighted by atomic mass is 10.1. The van der Waals surface area contributed by atoms with E-state index in [-0.39, 0.29) is 12.1 Å². The van der Waals surface area contributed by atoms with Crippen LogP contribution in [0.1, 0.15) is 21.9 Å². The molecule has 0 saturated heterocycles. The molecule has 142 valence electrons. The van der Waals surface area contributed by atoms with Crippen molar-refractivity contribution in [1.29, 1.82) is 0 Å². The molecule has 9 heteroatoms. The lowest BCUT2D eigenvalue weighted by molar-refractivity contribution is -0.123. The highest BCUT2D eigenvalue weighted by molar-refractivity contribution is 6.10. The van der Waals surface area contributed by atoms with Crippen LogP contribution in [0.5, 0.6) is 0 Å². The van der Waals surface area contributed by atoms with Gasteiger partial charge < -0.3 is 15.7 Å². The molecule has 0 saturated carbocycles. The molecule has 1 aromatic carbocycles. The van der Waals surface area contributed by atoms with Crippen molar-refractivity contribution in [3.63, 3.8) is 0 Å². The summed E-state index contributed by atoms with van der Waals surface area (Å²) in [5.41, 5.74) is 14.1. The lowest BCUT2D eigenvalue weighted by Crippen LogP contribution is -2.50. The van der Waals surface area contributed by atoms with E-state index in [1.54, 1.807) is 12.3 Å². The first-order valence-corrected chi connectivity index (χ1v) is 8.74. The molecular formula is C19H19N7O2. The first-order valence-electron chi connectivity index (χ1n) is 8.74. The van der Waals surface area contributed by atoms with Crippen LogP contribution in [0.2, 0.25) is 0 Å². The average Bonchev–Trinajstić information content (AvgIpc) is 3.33. The Hall–Kier alpha value is -3.72. The fourth-order valence-electron chi connectivity index (χ4n) is 3.12. The maximum atomic E-state index is 12.5. The van der Waals surface area contributed by atoms with Crippen molar-refractivity contribution in [3.05, 3.63) is 59.9 Å². The van der Waals surface area contributed by atoms with Crippen LogP contribution in [0.4, 0.5) is 0 Å². The van der Waals surface area contributed by atoms with E-state index in [0.717, 1.165) is 27.5 Å². The van der Waals surface area contributed by atoms with Gasteiger partial charge in [-0.2, -0.15) is 0 Å². The third-order valence-electron chi connectivity index (χ3n) is 4.54. The number of nitrogens with one attached hydrogen (secondary N) is 4. The number of carbonyl (C=O) groups is 2. The minimum absolute atomic E-state index is 0.206. The number of nitrogens with zero attached hydrogens (tertiary/aromatic N) is 2. The van der Waals surface area contributed by atoms with E-state index < -0.39 is 17.9 Å². The highest BCUT2D eigenvalue weighted by Crippen LogP contribution is 2.27. The second kappa shape index (κ2) is 7.12. The van der Waals surface area contributed by atoms with Gasteiger partial charge in [0.15, 0.2) is 0 Å². The van der Waals surface area contributed by atoms with Gasteiger partial charge in [-0.1, -0.05) is 18.2 Å². The maximum Gasteiger partial charge on any atom is 0.288 e. The molecule has 0 aliphatic rings. The van der Waals surface area contributed by atoms with Crippen molar-refractivity contribution in [2.45, 2.75) is 19.4 Å². The van der Waals surface area contributed by atoms with Gasteiger partial charge >= 0.3 is 0 Å². The van der Waals surface area contributed by atoms with Crippen LogP contribution in [0.15, 0.2) is 42.9 Å². The monoisotopic (exact) mass is 377 g/mol. The molecule has 9 nitrogen and oxygen atoms in total. The summed E-state index contributed by atoms with van der Waals surface area (Å²) in [6, 6.07) is 8.70. The number of pyridine rings is 1. The number of para-hydroxylation sites is 1. The van der Waals surface area contributed by atoms with Gasteiger partial charge in [0.1, 0.15) is 5.69 Å². The molecule has 0 bridgehead atoms. The van der Waals surface area contributed by atoms with Crippen molar-refractivity contribution >= 4 is 33.6 Å². The SMILES string of the molecule is Cc1nc(C(=O)NNC(=O)[C@@H](N)Cc2cnc[nH]2)cc2c1[nH]c1ccccc12. The summed E-state index contributed by atoms with van der Waals surface area (Å²) < 4.78 is 0. The summed E-state index contributed by atoms with van der Waals surface area (Å²) >= 11 is 0. The topological polar surface area (TPSA) is 142 Å². The molecule has 0 radical (unpaired) electrons. The summed E-state index contributed by atoms with van der Waals surface area (Å²) in [5, 5.41) is 1.90. The molecule has 6 N–H and O–H groups in total. The van der Waals surface area contributed by atoms with Gasteiger partial charge in [0.05, 0.1) is 23.6 Å². The standard InChI is InChI=1S/C19H19N7O2/c1-10-17-13(12-4-2-3-5-15(12)24-17)7-16(23-10)19(28)26-25-18(27)14(20)6-11-8-21-9-22-11/h2-5,7-9,14,24H,6,20H2,1H3,(H,21,22)(H,25,27)(H,26,28)/t14-/m0/s1. The zero-order valence-electron chi connectivity index (χ0n) is 15.1. The Kier molecular flexibility index (Phi) is 4.50. The number of imidazole rings is 1. The number of aryl methyl sites for hydroxylation is 1. The smallest absolute Gasteiger partial charge is 0.288 e. The van der Waals surface area contributed by atoms with Crippen LogP contribution in [0.3, 0.4) is 0 Å². The fourth-order valence-corrected chi connectivity index (χ4v) is 3.12. The normalized spacial score (nSPS) is 12.2. The number of hydrogen-bond donors (Lipinski definition) is 5. The van der Waals surface area contributed by atoms with Gasteiger partial charge in [-0.3, -0.25) is 20.4 Å². The molecule has 1 atom stereocenters. The Morgan fingerprint density at radius 2 is 2.04 bits per heavy atom. The molecular weight excluding hydrogens is 358 g/mol. The lowest BCUT2D eigenvalue weighted by Gasteiger charge is -2.12. The number of aromatic nitrogens is 4. The van der Waals surface area contributed by atoms with Gasteiger partial charge in [-0.15, -0.1) is 0 Å². The quantitative estimate of drug-likeness (QED) is 0.338. The Balaban J connectivity index is 1.49. The van der Waals surface area contributed by atoms with Gasteiger partial charge in [-0.25, -0.2) is 9.97 Å². The van der Waals surface area contributed by atoms with E-state index in [4.69, 9.17) is 5.73 Å². The van der Waals surface area contributed by atoms with E-state index in [1.165, 1.54) is 6.33 Å². The zero-order chi connectivity index (χ0) is 19.7. The number of hydrogen-bond acceptors (Lipinski definition) is 5. The first kappa shape index (κ1) is 17.7. The first-order chi connectivity index (χ1) is 13.5. The van der Waals surface area contributed by atoms with Crippen LogP contribution in [0, 0.1) is 6.92 Å². The molecule has 4 aromatic rings. The predicted octanol–water partition coefficient (Wildman–Crippen LogP) is 1.08.